The van der Waals surface area contributed by atoms with E-state index in [0.717, 1.165) is 36.8 Å². The molecule has 34 heavy (non-hydrogen) atoms. The van der Waals surface area contributed by atoms with Crippen LogP contribution >= 0.6 is 0 Å². The van der Waals surface area contributed by atoms with Crippen LogP contribution in [0.15, 0.2) is 48.7 Å². The van der Waals surface area contributed by atoms with Crippen molar-refractivity contribution in [3.05, 3.63) is 54.2 Å². The number of benzene rings is 2. The van der Waals surface area contributed by atoms with Crippen molar-refractivity contribution in [1.29, 1.82) is 0 Å². The minimum absolute atomic E-state index is 0.0429. The minimum Gasteiger partial charge on any atom is -0.494 e. The number of hydrogen-bond donors (Lipinski definition) is 2. The number of rotatable bonds is 8. The van der Waals surface area contributed by atoms with Gasteiger partial charge in [0.2, 0.25) is 5.95 Å². The summed E-state index contributed by atoms with van der Waals surface area (Å²) < 4.78 is 5.67. The first-order chi connectivity index (χ1) is 16.2. The fourth-order valence-electron chi connectivity index (χ4n) is 4.38. The van der Waals surface area contributed by atoms with Crippen molar-refractivity contribution in [2.24, 2.45) is 0 Å². The van der Waals surface area contributed by atoms with E-state index in [2.05, 4.69) is 77.2 Å². The second kappa shape index (κ2) is 9.38. The van der Waals surface area contributed by atoms with Crippen molar-refractivity contribution in [1.82, 2.24) is 14.9 Å². The number of fused-ring (bicyclic) bond motifs is 1. The second-order valence-corrected chi connectivity index (χ2v) is 9.69. The van der Waals surface area contributed by atoms with E-state index < -0.39 is 0 Å². The zero-order valence-corrected chi connectivity index (χ0v) is 21.0. The van der Waals surface area contributed by atoms with Gasteiger partial charge in [0.15, 0.2) is 0 Å². The third-order valence-corrected chi connectivity index (χ3v) is 6.28. The second-order valence-electron chi connectivity index (χ2n) is 9.69. The average Bonchev–Trinajstić information content (AvgIpc) is 3.09. The Balaban J connectivity index is 1.60. The van der Waals surface area contributed by atoms with Crippen LogP contribution < -0.4 is 25.6 Å². The molecular weight excluding hydrogens is 426 g/mol. The molecule has 1 aliphatic heterocycles. The number of aromatic nitrogens is 2. The van der Waals surface area contributed by atoms with Crippen molar-refractivity contribution in [3.8, 4) is 5.75 Å². The lowest BCUT2D eigenvalue weighted by Gasteiger charge is -2.24. The maximum Gasteiger partial charge on any atom is 0.229 e. The number of para-hydroxylation sites is 1. The monoisotopic (exact) mass is 461 g/mol. The van der Waals surface area contributed by atoms with Crippen LogP contribution in [0.3, 0.4) is 0 Å². The molecule has 2 heterocycles. The molecule has 1 aliphatic rings. The molecule has 8 nitrogen and oxygen atoms in total. The predicted molar refractivity (Wildman–Crippen MR) is 141 cm³/mol. The molecule has 0 fully saturated rings. The standard InChI is InChI=1S/C26H35N7O/c1-26(2)17-33(21-10-8-7-9-18(21)26)24-11-12-28-25(30-24)29-20-15-19(27)22(16-23(20)34-6)32(5)14-13-31(3)4/h7-12,15-16H,13-14,17,27H2,1-6H3,(H,28,29,30). The molecular formula is C26H35N7O. The van der Waals surface area contributed by atoms with Gasteiger partial charge in [0, 0.05) is 50.0 Å². The summed E-state index contributed by atoms with van der Waals surface area (Å²) in [7, 11) is 7.80. The molecule has 2 aromatic carbocycles. The first-order valence-electron chi connectivity index (χ1n) is 11.5. The molecule has 0 bridgehead atoms. The Morgan fingerprint density at radius 3 is 2.62 bits per heavy atom. The summed E-state index contributed by atoms with van der Waals surface area (Å²) in [6, 6.07) is 14.3. The van der Waals surface area contributed by atoms with E-state index in [1.807, 2.05) is 25.2 Å². The van der Waals surface area contributed by atoms with Gasteiger partial charge in [-0.3, -0.25) is 0 Å². The van der Waals surface area contributed by atoms with Crippen LogP contribution in [0.25, 0.3) is 0 Å². The van der Waals surface area contributed by atoms with Crippen molar-refractivity contribution in [2.45, 2.75) is 19.3 Å². The number of hydrogen-bond acceptors (Lipinski definition) is 8. The molecule has 4 rings (SSSR count). The highest BCUT2D eigenvalue weighted by atomic mass is 16.5. The Bertz CT molecular complexity index is 1160. The number of likely N-dealkylation sites (N-methyl/N-ethyl adjacent to an activating group) is 2. The summed E-state index contributed by atoms with van der Waals surface area (Å²) in [5.41, 5.74) is 11.3. The molecule has 0 spiro atoms. The Morgan fingerprint density at radius 2 is 1.88 bits per heavy atom. The van der Waals surface area contributed by atoms with Gasteiger partial charge in [-0.1, -0.05) is 32.0 Å². The number of anilines is 6. The zero-order valence-electron chi connectivity index (χ0n) is 21.0. The van der Waals surface area contributed by atoms with Crippen molar-refractivity contribution in [2.75, 3.05) is 68.7 Å². The first kappa shape index (κ1) is 23.6. The molecule has 8 heteroatoms. The maximum absolute atomic E-state index is 6.42. The number of ether oxygens (including phenoxy) is 1. The Kier molecular flexibility index (Phi) is 6.52. The van der Waals surface area contributed by atoms with Gasteiger partial charge in [0.25, 0.3) is 0 Å². The van der Waals surface area contributed by atoms with Crippen LogP contribution in [0.2, 0.25) is 0 Å². The quantitative estimate of drug-likeness (QED) is 0.482. The van der Waals surface area contributed by atoms with Crippen molar-refractivity contribution >= 4 is 34.5 Å². The fourth-order valence-corrected chi connectivity index (χ4v) is 4.38. The Hall–Kier alpha value is -3.52. The van der Waals surface area contributed by atoms with Crippen molar-refractivity contribution in [3.63, 3.8) is 0 Å². The SMILES string of the molecule is COc1cc(N(C)CCN(C)C)c(N)cc1Nc1nccc(N2CC(C)(C)c3ccccc32)n1. The topological polar surface area (TPSA) is 82.8 Å². The maximum atomic E-state index is 6.42. The van der Waals surface area contributed by atoms with Crippen LogP contribution in [0, 0.1) is 0 Å². The third kappa shape index (κ3) is 4.72. The van der Waals surface area contributed by atoms with Crippen LogP contribution in [0.4, 0.5) is 34.5 Å². The summed E-state index contributed by atoms with van der Waals surface area (Å²) in [5.74, 6) is 2.02. The summed E-state index contributed by atoms with van der Waals surface area (Å²) in [6.45, 7) is 7.15. The molecule has 3 aromatic rings. The largest absolute Gasteiger partial charge is 0.494 e. The van der Waals surface area contributed by atoms with Gasteiger partial charge in [-0.2, -0.15) is 4.98 Å². The van der Waals surface area contributed by atoms with Gasteiger partial charge in [0.1, 0.15) is 11.6 Å². The molecule has 0 saturated heterocycles. The van der Waals surface area contributed by atoms with Crippen LogP contribution in [-0.4, -0.2) is 62.8 Å². The first-order valence-corrected chi connectivity index (χ1v) is 11.5. The smallest absolute Gasteiger partial charge is 0.229 e. The molecule has 180 valence electrons. The number of nitrogen functional groups attached to an aromatic ring is 1. The lowest BCUT2D eigenvalue weighted by Crippen LogP contribution is -2.29. The van der Waals surface area contributed by atoms with Gasteiger partial charge in [-0.25, -0.2) is 4.98 Å². The van der Waals surface area contributed by atoms with E-state index in [0.29, 0.717) is 17.4 Å². The lowest BCUT2D eigenvalue weighted by atomic mass is 9.87. The number of nitrogens with one attached hydrogen (secondary N) is 1. The summed E-state index contributed by atoms with van der Waals surface area (Å²) >= 11 is 0. The van der Waals surface area contributed by atoms with Crippen LogP contribution in [0.1, 0.15) is 19.4 Å². The molecule has 0 unspecified atom stereocenters. The number of nitrogens with zero attached hydrogens (tertiary/aromatic N) is 5. The number of nitrogens with two attached hydrogens (primary N) is 1. The highest BCUT2D eigenvalue weighted by Crippen LogP contribution is 2.43. The zero-order chi connectivity index (χ0) is 24.5. The molecule has 0 amide bonds. The normalized spacial score (nSPS) is 14.3. The van der Waals surface area contributed by atoms with E-state index in [1.165, 1.54) is 11.3 Å². The van der Waals surface area contributed by atoms with E-state index in [1.54, 1.807) is 13.3 Å². The van der Waals surface area contributed by atoms with Gasteiger partial charge in [-0.05, 0) is 37.9 Å². The highest BCUT2D eigenvalue weighted by Gasteiger charge is 2.36. The molecule has 0 radical (unpaired) electrons. The minimum atomic E-state index is 0.0429. The predicted octanol–water partition coefficient (Wildman–Crippen LogP) is 4.24. The Morgan fingerprint density at radius 1 is 1.12 bits per heavy atom. The van der Waals surface area contributed by atoms with E-state index in [-0.39, 0.29) is 5.41 Å². The highest BCUT2D eigenvalue weighted by molar-refractivity contribution is 5.79. The molecule has 0 aliphatic carbocycles. The van der Waals surface area contributed by atoms with Gasteiger partial charge in [-0.15, -0.1) is 0 Å². The fraction of sp³-hybridized carbons (Fsp3) is 0.385. The van der Waals surface area contributed by atoms with Crippen molar-refractivity contribution < 1.29 is 4.74 Å². The molecule has 1 aromatic heterocycles. The van der Waals surface area contributed by atoms with E-state index >= 15 is 0 Å². The summed E-state index contributed by atoms with van der Waals surface area (Å²) in [4.78, 5) is 15.8. The average molecular weight is 462 g/mol. The molecule has 3 N–H and O–H groups in total. The Labute approximate surface area is 202 Å². The summed E-state index contributed by atoms with van der Waals surface area (Å²) in [6.07, 6.45) is 1.78. The lowest BCUT2D eigenvalue weighted by molar-refractivity contribution is 0.413. The molecule has 0 atom stereocenters. The van der Waals surface area contributed by atoms with E-state index in [4.69, 9.17) is 15.5 Å². The van der Waals surface area contributed by atoms with Crippen LogP contribution in [0.5, 0.6) is 5.75 Å². The van der Waals surface area contributed by atoms with Crippen LogP contribution in [-0.2, 0) is 5.41 Å². The number of methoxy groups -OCH3 is 1. The van der Waals surface area contributed by atoms with Gasteiger partial charge < -0.3 is 30.5 Å². The molecule has 0 saturated carbocycles. The van der Waals surface area contributed by atoms with Gasteiger partial charge in [0.05, 0.1) is 24.2 Å². The van der Waals surface area contributed by atoms with Gasteiger partial charge >= 0.3 is 0 Å². The van der Waals surface area contributed by atoms with E-state index in [9.17, 15) is 0 Å². The summed E-state index contributed by atoms with van der Waals surface area (Å²) in [5, 5.41) is 3.31. The third-order valence-electron chi connectivity index (χ3n) is 6.28.